The summed E-state index contributed by atoms with van der Waals surface area (Å²) in [6.45, 7) is 14.0. The monoisotopic (exact) mass is 704 g/mol. The summed E-state index contributed by atoms with van der Waals surface area (Å²) in [5.74, 6) is 1.01. The van der Waals surface area contributed by atoms with Crippen LogP contribution in [0, 0.1) is 0 Å². The first-order valence-electron chi connectivity index (χ1n) is 16.2. The van der Waals surface area contributed by atoms with Crippen LogP contribution in [0.25, 0.3) is 0 Å². The third-order valence-corrected chi connectivity index (χ3v) is 8.92. The molecular formula is C37H45Cl2F3N4O2. The molecule has 1 aliphatic heterocycles. The second-order valence-electron chi connectivity index (χ2n) is 13.6. The quantitative estimate of drug-likeness (QED) is 0.165. The van der Waals surface area contributed by atoms with Crippen molar-refractivity contribution in [1.82, 2.24) is 14.7 Å². The molecule has 1 heterocycles. The molecule has 0 saturated carbocycles. The number of hydrogen-bond acceptors (Lipinski definition) is 4. The van der Waals surface area contributed by atoms with E-state index in [1.807, 2.05) is 75.4 Å². The molecule has 0 spiro atoms. The zero-order valence-electron chi connectivity index (χ0n) is 28.5. The SMILES string of the molecule is CCOc1cc(C(C)(C)C)ccc1C(=NC(C)(C)c1ccc(Cl)cc1)N(Cc1ccc(Cl)cc1)C(=O)N1CCN(CCC(F)(F)F)CC1. The lowest BCUT2D eigenvalue weighted by Gasteiger charge is -2.38. The van der Waals surface area contributed by atoms with Crippen molar-refractivity contribution < 1.29 is 22.7 Å². The summed E-state index contributed by atoms with van der Waals surface area (Å²) in [5.41, 5.74) is 2.48. The van der Waals surface area contributed by atoms with Crippen molar-refractivity contribution in [2.75, 3.05) is 39.3 Å². The third kappa shape index (κ3) is 10.1. The van der Waals surface area contributed by atoms with E-state index in [0.29, 0.717) is 46.9 Å². The molecule has 0 N–H and O–H groups in total. The van der Waals surface area contributed by atoms with Crippen molar-refractivity contribution >= 4 is 35.1 Å². The minimum absolute atomic E-state index is 0.0974. The molecule has 0 unspecified atom stereocenters. The minimum Gasteiger partial charge on any atom is -0.493 e. The summed E-state index contributed by atoms with van der Waals surface area (Å²) in [6.07, 6.45) is -5.11. The van der Waals surface area contributed by atoms with Crippen molar-refractivity contribution in [3.05, 3.63) is 99.0 Å². The number of halogens is 5. The van der Waals surface area contributed by atoms with E-state index in [1.54, 1.807) is 26.8 Å². The largest absolute Gasteiger partial charge is 0.493 e. The maximum absolute atomic E-state index is 14.7. The summed E-state index contributed by atoms with van der Waals surface area (Å²) in [4.78, 5) is 25.1. The Hall–Kier alpha value is -3.27. The third-order valence-electron chi connectivity index (χ3n) is 8.42. The van der Waals surface area contributed by atoms with Crippen LogP contribution < -0.4 is 4.74 Å². The molecule has 1 aliphatic rings. The van der Waals surface area contributed by atoms with E-state index in [0.717, 1.165) is 16.7 Å². The van der Waals surface area contributed by atoms with Gasteiger partial charge in [0.15, 0.2) is 0 Å². The van der Waals surface area contributed by atoms with Gasteiger partial charge in [-0.05, 0) is 79.3 Å². The Balaban J connectivity index is 1.85. The van der Waals surface area contributed by atoms with E-state index in [9.17, 15) is 18.0 Å². The van der Waals surface area contributed by atoms with Gasteiger partial charge in [-0.1, -0.05) is 74.3 Å². The molecule has 3 aromatic rings. The first kappa shape index (κ1) is 37.5. The van der Waals surface area contributed by atoms with Crippen LogP contribution >= 0.6 is 23.2 Å². The van der Waals surface area contributed by atoms with E-state index in [2.05, 4.69) is 20.8 Å². The van der Waals surface area contributed by atoms with Crippen molar-refractivity contribution in [2.24, 2.45) is 4.99 Å². The summed E-state index contributed by atoms with van der Waals surface area (Å²) in [5, 5.41) is 1.17. The van der Waals surface area contributed by atoms with Gasteiger partial charge in [0.2, 0.25) is 0 Å². The highest BCUT2D eigenvalue weighted by Gasteiger charge is 2.34. The Labute approximate surface area is 292 Å². The maximum atomic E-state index is 14.7. The fraction of sp³-hybridized carbons (Fsp3) is 0.459. The highest BCUT2D eigenvalue weighted by molar-refractivity contribution is 6.30. The van der Waals surface area contributed by atoms with Gasteiger partial charge in [0, 0.05) is 42.8 Å². The number of amides is 2. The smallest absolute Gasteiger partial charge is 0.390 e. The fourth-order valence-corrected chi connectivity index (χ4v) is 5.78. The molecule has 0 atom stereocenters. The van der Waals surface area contributed by atoms with Gasteiger partial charge in [-0.2, -0.15) is 13.2 Å². The van der Waals surface area contributed by atoms with Gasteiger partial charge in [0.1, 0.15) is 11.6 Å². The van der Waals surface area contributed by atoms with Crippen LogP contribution in [0.3, 0.4) is 0 Å². The van der Waals surface area contributed by atoms with Crippen molar-refractivity contribution in [3.63, 3.8) is 0 Å². The molecule has 0 bridgehead atoms. The molecule has 2 amide bonds. The Kier molecular flexibility index (Phi) is 12.1. The average molecular weight is 706 g/mol. The lowest BCUT2D eigenvalue weighted by molar-refractivity contribution is -0.138. The summed E-state index contributed by atoms with van der Waals surface area (Å²) >= 11 is 12.4. The van der Waals surface area contributed by atoms with E-state index < -0.39 is 18.1 Å². The lowest BCUT2D eigenvalue weighted by Crippen LogP contribution is -2.54. The standard InChI is InChI=1S/C37H45Cl2F3N4O2/c1-7-48-32-24-28(35(2,3)4)12-17-31(32)33(43-36(5,6)27-10-15-30(39)16-11-27)46(25-26-8-13-29(38)14-9-26)34(47)45-22-20-44(21-23-45)19-18-37(40,41)42/h8-17,24H,7,18-23,25H2,1-6H3. The van der Waals surface area contributed by atoms with E-state index >= 15 is 0 Å². The average Bonchev–Trinajstić information content (AvgIpc) is 3.02. The Bertz CT molecular complexity index is 1560. The van der Waals surface area contributed by atoms with Gasteiger partial charge < -0.3 is 9.64 Å². The van der Waals surface area contributed by atoms with E-state index in [4.69, 9.17) is 32.9 Å². The van der Waals surface area contributed by atoms with Gasteiger partial charge in [0.05, 0.1) is 30.7 Å². The second-order valence-corrected chi connectivity index (χ2v) is 14.5. The number of rotatable bonds is 9. The zero-order valence-corrected chi connectivity index (χ0v) is 30.0. The lowest BCUT2D eigenvalue weighted by atomic mass is 9.86. The maximum Gasteiger partial charge on any atom is 0.390 e. The molecule has 0 aromatic heterocycles. The predicted molar refractivity (Wildman–Crippen MR) is 188 cm³/mol. The summed E-state index contributed by atoms with van der Waals surface area (Å²) in [6, 6.07) is 20.4. The first-order chi connectivity index (χ1) is 22.5. The predicted octanol–water partition coefficient (Wildman–Crippen LogP) is 9.56. The number of nitrogens with zero attached hydrogens (tertiary/aromatic N) is 4. The molecule has 0 aliphatic carbocycles. The number of ether oxygens (including phenoxy) is 1. The molecule has 6 nitrogen and oxygen atoms in total. The van der Waals surface area contributed by atoms with Crippen LogP contribution in [0.4, 0.5) is 18.0 Å². The Morgan fingerprint density at radius 2 is 1.42 bits per heavy atom. The molecule has 4 rings (SSSR count). The molecule has 48 heavy (non-hydrogen) atoms. The van der Waals surface area contributed by atoms with Crippen LogP contribution in [-0.2, 0) is 17.5 Å². The van der Waals surface area contributed by atoms with Gasteiger partial charge in [0.25, 0.3) is 0 Å². The first-order valence-corrected chi connectivity index (χ1v) is 17.0. The van der Waals surface area contributed by atoms with E-state index in [1.165, 1.54) is 0 Å². The molecule has 3 aromatic carbocycles. The van der Waals surface area contributed by atoms with Crippen molar-refractivity contribution in [2.45, 2.75) is 71.6 Å². The summed E-state index contributed by atoms with van der Waals surface area (Å²) in [7, 11) is 0. The Morgan fingerprint density at radius 1 is 0.854 bits per heavy atom. The number of carbonyl (C=O) groups is 1. The number of piperazine rings is 1. The van der Waals surface area contributed by atoms with Crippen molar-refractivity contribution in [1.29, 1.82) is 0 Å². The fourth-order valence-electron chi connectivity index (χ4n) is 5.53. The van der Waals surface area contributed by atoms with Gasteiger partial charge >= 0.3 is 12.2 Å². The molecule has 11 heteroatoms. The van der Waals surface area contributed by atoms with E-state index in [-0.39, 0.29) is 37.6 Å². The molecule has 260 valence electrons. The number of benzene rings is 3. The van der Waals surface area contributed by atoms with Gasteiger partial charge in [-0.3, -0.25) is 14.8 Å². The topological polar surface area (TPSA) is 48.4 Å². The number of aliphatic imine (C=N–C) groups is 1. The van der Waals surface area contributed by atoms with Crippen LogP contribution in [0.1, 0.15) is 70.2 Å². The van der Waals surface area contributed by atoms with Gasteiger partial charge in [-0.15, -0.1) is 0 Å². The molecule has 1 fully saturated rings. The van der Waals surface area contributed by atoms with Crippen LogP contribution in [0.5, 0.6) is 5.75 Å². The number of alkyl halides is 3. The number of amidine groups is 1. The minimum atomic E-state index is -4.23. The second kappa shape index (κ2) is 15.5. The molecule has 0 radical (unpaired) electrons. The molecule has 1 saturated heterocycles. The van der Waals surface area contributed by atoms with Crippen LogP contribution in [-0.4, -0.2) is 72.1 Å². The zero-order chi connectivity index (χ0) is 35.3. The highest BCUT2D eigenvalue weighted by atomic mass is 35.5. The normalized spacial score (nSPS) is 15.1. The highest BCUT2D eigenvalue weighted by Crippen LogP contribution is 2.34. The number of hydrogen-bond donors (Lipinski definition) is 0. The number of urea groups is 1. The van der Waals surface area contributed by atoms with Crippen molar-refractivity contribution in [3.8, 4) is 5.75 Å². The molecular weight excluding hydrogens is 660 g/mol. The Morgan fingerprint density at radius 3 is 1.96 bits per heavy atom. The number of carbonyl (C=O) groups excluding carboxylic acids is 1. The van der Waals surface area contributed by atoms with Gasteiger partial charge in [-0.25, -0.2) is 4.79 Å². The van der Waals surface area contributed by atoms with Crippen LogP contribution in [0.15, 0.2) is 71.7 Å². The summed E-state index contributed by atoms with van der Waals surface area (Å²) < 4.78 is 45.0. The van der Waals surface area contributed by atoms with Crippen LogP contribution in [0.2, 0.25) is 10.0 Å².